The number of nitrogens with zero attached hydrogens (tertiary/aromatic N) is 1. The molecule has 1 aliphatic rings. The molecule has 1 unspecified atom stereocenters. The molecule has 1 saturated heterocycles. The molecule has 0 radical (unpaired) electrons. The third kappa shape index (κ3) is 5.73. The number of benzene rings is 2. The van der Waals surface area contributed by atoms with Crippen LogP contribution in [0.4, 0.5) is 13.2 Å². The van der Waals surface area contributed by atoms with Gasteiger partial charge in [0, 0.05) is 18.7 Å². The van der Waals surface area contributed by atoms with E-state index in [0.717, 1.165) is 6.42 Å². The Balaban J connectivity index is 1.58. The topological polar surface area (TPSA) is 58.6 Å². The molecule has 2 aromatic carbocycles. The molecule has 0 aliphatic carbocycles. The van der Waals surface area contributed by atoms with Crippen LogP contribution in [0.3, 0.4) is 0 Å². The average molecular weight is 406 g/mol. The van der Waals surface area contributed by atoms with Gasteiger partial charge in [0.25, 0.3) is 5.91 Å². The maximum absolute atomic E-state index is 12.7. The number of amides is 2. The van der Waals surface area contributed by atoms with Crippen molar-refractivity contribution in [2.75, 3.05) is 13.2 Å². The van der Waals surface area contributed by atoms with E-state index in [1.54, 1.807) is 41.3 Å². The molecule has 5 nitrogen and oxygen atoms in total. The highest BCUT2D eigenvalue weighted by Gasteiger charge is 2.34. The van der Waals surface area contributed by atoms with Gasteiger partial charge in [-0.3, -0.25) is 9.59 Å². The minimum Gasteiger partial charge on any atom is -0.484 e. The minimum atomic E-state index is -4.42. The molecule has 154 valence electrons. The van der Waals surface area contributed by atoms with Crippen molar-refractivity contribution in [2.24, 2.45) is 0 Å². The Kier molecular flexibility index (Phi) is 6.41. The Bertz CT molecular complexity index is 856. The first-order valence-corrected chi connectivity index (χ1v) is 9.26. The molecule has 1 fully saturated rings. The molecule has 0 saturated carbocycles. The van der Waals surface area contributed by atoms with Gasteiger partial charge in [0.1, 0.15) is 11.8 Å². The normalized spacial score (nSPS) is 16.5. The van der Waals surface area contributed by atoms with Crippen molar-refractivity contribution >= 4 is 11.8 Å². The van der Waals surface area contributed by atoms with Crippen molar-refractivity contribution in [1.29, 1.82) is 0 Å². The monoisotopic (exact) mass is 406 g/mol. The van der Waals surface area contributed by atoms with Crippen LogP contribution in [0.2, 0.25) is 0 Å². The van der Waals surface area contributed by atoms with Crippen LogP contribution in [0, 0.1) is 0 Å². The van der Waals surface area contributed by atoms with Crippen molar-refractivity contribution in [3.8, 4) is 5.75 Å². The van der Waals surface area contributed by atoms with Gasteiger partial charge in [0.2, 0.25) is 5.91 Å². The summed E-state index contributed by atoms with van der Waals surface area (Å²) in [6, 6.07) is 14.3. The number of halogens is 3. The fraction of sp³-hybridized carbons (Fsp3) is 0.333. The van der Waals surface area contributed by atoms with Crippen LogP contribution in [0.5, 0.6) is 5.75 Å². The van der Waals surface area contributed by atoms with E-state index in [4.69, 9.17) is 4.74 Å². The van der Waals surface area contributed by atoms with Gasteiger partial charge in [0.05, 0.1) is 0 Å². The number of alkyl halides is 3. The predicted octanol–water partition coefficient (Wildman–Crippen LogP) is 3.55. The number of nitrogens with one attached hydrogen (secondary N) is 1. The third-order valence-electron chi connectivity index (χ3n) is 4.60. The highest BCUT2D eigenvalue weighted by molar-refractivity contribution is 5.97. The minimum absolute atomic E-state index is 0.0795. The van der Waals surface area contributed by atoms with E-state index in [2.05, 4.69) is 5.32 Å². The Hall–Kier alpha value is -3.03. The van der Waals surface area contributed by atoms with Crippen molar-refractivity contribution < 1.29 is 27.5 Å². The van der Waals surface area contributed by atoms with Gasteiger partial charge >= 0.3 is 6.18 Å². The van der Waals surface area contributed by atoms with Crippen molar-refractivity contribution in [2.45, 2.75) is 31.6 Å². The van der Waals surface area contributed by atoms with Gasteiger partial charge in [-0.2, -0.15) is 13.2 Å². The summed E-state index contributed by atoms with van der Waals surface area (Å²) in [6.45, 7) is -0.736. The van der Waals surface area contributed by atoms with Crippen LogP contribution < -0.4 is 10.1 Å². The molecule has 3 rings (SSSR count). The Labute approximate surface area is 166 Å². The number of carbonyl (C=O) groups is 2. The zero-order valence-corrected chi connectivity index (χ0v) is 15.6. The van der Waals surface area contributed by atoms with Crippen molar-refractivity contribution in [3.05, 3.63) is 65.7 Å². The van der Waals surface area contributed by atoms with Crippen LogP contribution in [0.1, 0.15) is 28.8 Å². The molecule has 0 bridgehead atoms. The average Bonchev–Trinajstić information content (AvgIpc) is 3.20. The fourth-order valence-corrected chi connectivity index (χ4v) is 3.25. The number of carbonyl (C=O) groups excluding carboxylic acids is 2. The largest absolute Gasteiger partial charge is 0.484 e. The number of rotatable bonds is 6. The van der Waals surface area contributed by atoms with Crippen LogP contribution in [0.15, 0.2) is 54.6 Å². The summed E-state index contributed by atoms with van der Waals surface area (Å²) in [5, 5.41) is 2.77. The van der Waals surface area contributed by atoms with Gasteiger partial charge in [-0.25, -0.2) is 0 Å². The lowest BCUT2D eigenvalue weighted by Crippen LogP contribution is -2.45. The maximum atomic E-state index is 12.7. The zero-order valence-electron chi connectivity index (χ0n) is 15.6. The molecular formula is C21H21F3N2O3. The molecule has 1 heterocycles. The smallest absolute Gasteiger partial charge is 0.422 e. The quantitative estimate of drug-likeness (QED) is 0.798. The van der Waals surface area contributed by atoms with E-state index in [-0.39, 0.29) is 24.1 Å². The Morgan fingerprint density at radius 2 is 1.86 bits per heavy atom. The molecule has 2 aromatic rings. The Morgan fingerprint density at radius 1 is 1.10 bits per heavy atom. The number of hydrogen-bond donors (Lipinski definition) is 1. The molecule has 8 heteroatoms. The molecule has 0 spiro atoms. The summed E-state index contributed by atoms with van der Waals surface area (Å²) in [4.78, 5) is 26.9. The molecule has 1 N–H and O–H groups in total. The van der Waals surface area contributed by atoms with E-state index in [1.165, 1.54) is 12.1 Å². The molecule has 1 aliphatic heterocycles. The Morgan fingerprint density at radius 3 is 2.59 bits per heavy atom. The second-order valence-corrected chi connectivity index (χ2v) is 6.79. The summed E-state index contributed by atoms with van der Waals surface area (Å²) in [6.07, 6.45) is -3.11. The van der Waals surface area contributed by atoms with Crippen LogP contribution in [-0.4, -0.2) is 42.1 Å². The van der Waals surface area contributed by atoms with E-state index < -0.39 is 18.8 Å². The highest BCUT2D eigenvalue weighted by atomic mass is 19.4. The first kappa shape index (κ1) is 20.7. The van der Waals surface area contributed by atoms with E-state index in [9.17, 15) is 22.8 Å². The lowest BCUT2D eigenvalue weighted by molar-refractivity contribution is -0.153. The van der Waals surface area contributed by atoms with E-state index in [0.29, 0.717) is 24.1 Å². The number of hydrogen-bond acceptors (Lipinski definition) is 3. The van der Waals surface area contributed by atoms with Gasteiger partial charge in [-0.05, 0) is 42.7 Å². The molecule has 1 atom stereocenters. The second-order valence-electron chi connectivity index (χ2n) is 6.79. The third-order valence-corrected chi connectivity index (χ3v) is 4.60. The summed E-state index contributed by atoms with van der Waals surface area (Å²) in [7, 11) is 0. The van der Waals surface area contributed by atoms with Gasteiger partial charge in [-0.1, -0.05) is 30.3 Å². The first-order valence-electron chi connectivity index (χ1n) is 9.26. The van der Waals surface area contributed by atoms with E-state index in [1.807, 2.05) is 6.07 Å². The van der Waals surface area contributed by atoms with Crippen LogP contribution >= 0.6 is 0 Å². The van der Waals surface area contributed by atoms with Gasteiger partial charge in [0.15, 0.2) is 6.61 Å². The molecule has 29 heavy (non-hydrogen) atoms. The molecule has 2 amide bonds. The molecule has 0 aromatic heterocycles. The van der Waals surface area contributed by atoms with Crippen molar-refractivity contribution in [3.63, 3.8) is 0 Å². The fourth-order valence-electron chi connectivity index (χ4n) is 3.25. The maximum Gasteiger partial charge on any atom is 0.422 e. The summed E-state index contributed by atoms with van der Waals surface area (Å²) in [5.41, 5.74) is 1.14. The number of likely N-dealkylation sites (tertiary alicyclic amines) is 1. The lowest BCUT2D eigenvalue weighted by atomic mass is 10.1. The summed E-state index contributed by atoms with van der Waals surface area (Å²) < 4.78 is 41.6. The van der Waals surface area contributed by atoms with Gasteiger partial charge < -0.3 is 15.0 Å². The summed E-state index contributed by atoms with van der Waals surface area (Å²) in [5.74, 6) is -0.394. The number of ether oxygens (including phenoxy) is 1. The zero-order chi connectivity index (χ0) is 20.9. The SMILES string of the molecule is O=C(NCc1cccc(OCC(F)(F)F)c1)C1CCCN1C(=O)c1ccccc1. The standard InChI is InChI=1S/C21H21F3N2O3/c22-21(23,24)14-29-17-9-4-6-15(12-17)13-25-19(27)18-10-5-11-26(18)20(28)16-7-2-1-3-8-16/h1-4,6-9,12,18H,5,10-11,13-14H2,(H,25,27). The van der Waals surface area contributed by atoms with Gasteiger partial charge in [-0.15, -0.1) is 0 Å². The first-order chi connectivity index (χ1) is 13.8. The predicted molar refractivity (Wildman–Crippen MR) is 100 cm³/mol. The summed E-state index contributed by atoms with van der Waals surface area (Å²) >= 11 is 0. The van der Waals surface area contributed by atoms with Crippen LogP contribution in [-0.2, 0) is 11.3 Å². The van der Waals surface area contributed by atoms with Crippen molar-refractivity contribution in [1.82, 2.24) is 10.2 Å². The van der Waals surface area contributed by atoms with Crippen LogP contribution in [0.25, 0.3) is 0 Å². The lowest BCUT2D eigenvalue weighted by Gasteiger charge is -2.24. The highest BCUT2D eigenvalue weighted by Crippen LogP contribution is 2.22. The molecular weight excluding hydrogens is 385 g/mol. The second kappa shape index (κ2) is 8.98. The van der Waals surface area contributed by atoms with E-state index >= 15 is 0 Å².